The normalized spacial score (nSPS) is 14.3. The Hall–Kier alpha value is -6.65. The fourth-order valence-corrected chi connectivity index (χ4v) is 8.52. The lowest BCUT2D eigenvalue weighted by Crippen LogP contribution is -2.57. The van der Waals surface area contributed by atoms with Crippen LogP contribution in [0.5, 0.6) is 5.88 Å². The first-order chi connectivity index (χ1) is 31.1. The van der Waals surface area contributed by atoms with Crippen molar-refractivity contribution in [2.75, 3.05) is 7.11 Å². The fourth-order valence-electron chi connectivity index (χ4n) is 7.71. The maximum absolute atomic E-state index is 14.7. The van der Waals surface area contributed by atoms with Crippen LogP contribution >= 0.6 is 11.3 Å². The van der Waals surface area contributed by atoms with Gasteiger partial charge in [0.1, 0.15) is 17.1 Å². The van der Waals surface area contributed by atoms with Crippen LogP contribution in [0.2, 0.25) is 0 Å². The molecule has 0 saturated carbocycles. The number of nitrogens with zero attached hydrogens (tertiary/aromatic N) is 5. The van der Waals surface area contributed by atoms with Gasteiger partial charge in [-0.2, -0.15) is 0 Å². The van der Waals surface area contributed by atoms with E-state index in [0.717, 1.165) is 27.9 Å². The van der Waals surface area contributed by atoms with Crippen molar-refractivity contribution >= 4 is 29.2 Å². The Morgan fingerprint density at radius 1 is 0.862 bits per heavy atom. The third kappa shape index (κ3) is 12.5. The molecule has 0 bridgehead atoms. The summed E-state index contributed by atoms with van der Waals surface area (Å²) in [6.45, 7) is 9.21. The van der Waals surface area contributed by atoms with Gasteiger partial charge in [-0.15, -0.1) is 11.3 Å². The first kappa shape index (κ1) is 47.8. The molecule has 0 spiro atoms. The fraction of sp³-hybridized carbons (Fsp3) is 0.367. The van der Waals surface area contributed by atoms with E-state index in [1.54, 1.807) is 18.6 Å². The number of aromatic hydroxyl groups is 1. The zero-order chi connectivity index (χ0) is 46.7. The standard InChI is InChI=1S/C49H58N8O7S/c1-7-31(2)42(57-29-41(59)56(48(57)63)28-37-30-65-46(53-37)35-16-13-22-50-27-35)44(60)54-39(25-32-14-9-8-10-15-32)40(58)26-36(52-45(61)43(49(3,4)5)55-47(62)64-6)24-33-18-20-34(21-19-33)38-17-11-12-23-51-38/h8-23,27,29-31,36,39-40,42-43,58-59H,7,24-26,28H2,1-6H3,(H,52,61)(H,54,60)(H,55,62)/t31?,36-,39-,40-,42-,43+/m0/s1. The number of thiazole rings is 1. The van der Waals surface area contributed by atoms with Crippen LogP contribution < -0.4 is 21.6 Å². The summed E-state index contributed by atoms with van der Waals surface area (Å²) in [6.07, 6.45) is 5.43. The predicted octanol–water partition coefficient (Wildman–Crippen LogP) is 6.55. The number of aliphatic hydroxyl groups excluding tert-OH is 1. The van der Waals surface area contributed by atoms with Crippen LogP contribution in [0, 0.1) is 11.3 Å². The molecule has 6 atom stereocenters. The second-order valence-corrected chi connectivity index (χ2v) is 18.2. The van der Waals surface area contributed by atoms with Crippen LogP contribution in [0.15, 0.2) is 120 Å². The van der Waals surface area contributed by atoms with Crippen LogP contribution in [0.3, 0.4) is 0 Å². The molecule has 6 rings (SSSR count). The van der Waals surface area contributed by atoms with Crippen LogP contribution in [0.1, 0.15) is 70.3 Å². The third-order valence-corrected chi connectivity index (χ3v) is 12.4. The minimum absolute atomic E-state index is 0.000381. The number of carbonyl (C=O) groups excluding carboxylic acids is 3. The van der Waals surface area contributed by atoms with Crippen molar-refractivity contribution in [1.29, 1.82) is 0 Å². The van der Waals surface area contributed by atoms with E-state index in [-0.39, 0.29) is 31.2 Å². The van der Waals surface area contributed by atoms with Crippen LogP contribution in [0.4, 0.5) is 4.79 Å². The van der Waals surface area contributed by atoms with Gasteiger partial charge in [-0.3, -0.25) is 28.7 Å². The Kier molecular flexibility index (Phi) is 16.1. The monoisotopic (exact) mass is 902 g/mol. The van der Waals surface area contributed by atoms with Crippen molar-refractivity contribution in [3.8, 4) is 27.7 Å². The molecule has 0 fully saturated rings. The number of imidazole rings is 1. The molecule has 0 aliphatic rings. The SMILES string of the molecule is CCC(C)[C@@H](C(=O)N[C@@H](Cc1ccccc1)[C@@H](O)C[C@H](Cc1ccc(-c2ccccn2)cc1)NC(=O)[C@@H](NC(=O)OC)C(C)(C)C)n1cc(O)n(Cc2csc(-c3cccnc3)n2)c1=O. The van der Waals surface area contributed by atoms with Crippen molar-refractivity contribution in [2.24, 2.45) is 11.3 Å². The number of carbonyl (C=O) groups is 3. The minimum atomic E-state index is -1.22. The second kappa shape index (κ2) is 21.8. The number of amides is 3. The summed E-state index contributed by atoms with van der Waals surface area (Å²) in [5.41, 5.74) is 3.50. The minimum Gasteiger partial charge on any atom is -0.493 e. The van der Waals surface area contributed by atoms with E-state index in [2.05, 4.69) is 30.9 Å². The Balaban J connectivity index is 1.28. The lowest BCUT2D eigenvalue weighted by atomic mass is 9.85. The number of ether oxygens (including phenoxy) is 1. The summed E-state index contributed by atoms with van der Waals surface area (Å²) in [5, 5.41) is 34.8. The Labute approximate surface area is 383 Å². The van der Waals surface area contributed by atoms with Crippen molar-refractivity contribution in [3.63, 3.8) is 0 Å². The molecule has 0 aliphatic heterocycles. The number of aliphatic hydroxyl groups is 1. The molecule has 6 aromatic rings. The lowest BCUT2D eigenvalue weighted by molar-refractivity contribution is -0.128. The average molecular weight is 903 g/mol. The summed E-state index contributed by atoms with van der Waals surface area (Å²) >= 11 is 1.39. The Morgan fingerprint density at radius 2 is 1.58 bits per heavy atom. The molecule has 4 aromatic heterocycles. The molecule has 3 amide bonds. The molecule has 1 unspecified atom stereocenters. The summed E-state index contributed by atoms with van der Waals surface area (Å²) in [4.78, 5) is 68.5. The number of rotatable bonds is 19. The molecule has 0 aliphatic carbocycles. The molecule has 65 heavy (non-hydrogen) atoms. The van der Waals surface area contributed by atoms with Crippen LogP contribution in [-0.2, 0) is 33.7 Å². The van der Waals surface area contributed by atoms with Crippen LogP contribution in [-0.4, -0.2) is 83.5 Å². The number of nitrogens with one attached hydrogen (secondary N) is 3. The van der Waals surface area contributed by atoms with Gasteiger partial charge in [-0.05, 0) is 66.0 Å². The lowest BCUT2D eigenvalue weighted by Gasteiger charge is -2.33. The number of methoxy groups -OCH3 is 1. The molecular formula is C49H58N8O7S. The maximum atomic E-state index is 14.7. The predicted molar refractivity (Wildman–Crippen MR) is 250 cm³/mol. The summed E-state index contributed by atoms with van der Waals surface area (Å²) in [6, 6.07) is 22.9. The van der Waals surface area contributed by atoms with E-state index in [1.165, 1.54) is 33.8 Å². The summed E-state index contributed by atoms with van der Waals surface area (Å²) < 4.78 is 7.27. The largest absolute Gasteiger partial charge is 0.493 e. The van der Waals surface area contributed by atoms with Gasteiger partial charge in [-0.25, -0.2) is 14.6 Å². The average Bonchev–Trinajstić information content (AvgIpc) is 3.88. The number of hydrogen-bond acceptors (Lipinski definition) is 11. The summed E-state index contributed by atoms with van der Waals surface area (Å²) in [7, 11) is 1.23. The van der Waals surface area contributed by atoms with Gasteiger partial charge in [0.15, 0.2) is 0 Å². The third-order valence-electron chi connectivity index (χ3n) is 11.4. The number of pyridine rings is 2. The van der Waals surface area contributed by atoms with E-state index < -0.39 is 59.3 Å². The Morgan fingerprint density at radius 3 is 2.23 bits per heavy atom. The van der Waals surface area contributed by atoms with E-state index >= 15 is 0 Å². The topological polar surface area (TPSA) is 203 Å². The number of hydrogen-bond donors (Lipinski definition) is 5. The summed E-state index contributed by atoms with van der Waals surface area (Å²) in [5.74, 6) is -1.69. The van der Waals surface area contributed by atoms with Gasteiger partial charge in [0.2, 0.25) is 17.7 Å². The second-order valence-electron chi connectivity index (χ2n) is 17.3. The van der Waals surface area contributed by atoms with E-state index in [9.17, 15) is 29.4 Å². The zero-order valence-corrected chi connectivity index (χ0v) is 38.4. The number of benzene rings is 2. The highest BCUT2D eigenvalue weighted by Crippen LogP contribution is 2.27. The molecular weight excluding hydrogens is 845 g/mol. The Bertz CT molecular complexity index is 2540. The quantitative estimate of drug-likeness (QED) is 0.0594. The van der Waals surface area contributed by atoms with Crippen LogP contribution in [0.25, 0.3) is 21.8 Å². The van der Waals surface area contributed by atoms with E-state index in [0.29, 0.717) is 23.5 Å². The number of aromatic nitrogens is 5. The van der Waals surface area contributed by atoms with Crippen molar-refractivity contribution < 1.29 is 29.3 Å². The van der Waals surface area contributed by atoms with E-state index in [1.807, 2.05) is 125 Å². The smallest absolute Gasteiger partial charge is 0.407 e. The van der Waals surface area contributed by atoms with E-state index in [4.69, 9.17) is 4.74 Å². The molecule has 15 nitrogen and oxygen atoms in total. The molecule has 0 radical (unpaired) electrons. The van der Waals surface area contributed by atoms with Crippen molar-refractivity contribution in [2.45, 2.75) is 97.1 Å². The first-order valence-electron chi connectivity index (χ1n) is 21.7. The molecule has 4 heterocycles. The highest BCUT2D eigenvalue weighted by Gasteiger charge is 2.37. The maximum Gasteiger partial charge on any atom is 0.407 e. The molecule has 342 valence electrons. The first-order valence-corrected chi connectivity index (χ1v) is 22.6. The highest BCUT2D eigenvalue weighted by atomic mass is 32.1. The zero-order valence-electron chi connectivity index (χ0n) is 37.5. The van der Waals surface area contributed by atoms with Gasteiger partial charge < -0.3 is 30.9 Å². The van der Waals surface area contributed by atoms with Gasteiger partial charge in [-0.1, -0.05) is 102 Å². The number of alkyl carbamates (subject to hydrolysis) is 1. The van der Waals surface area contributed by atoms with Gasteiger partial charge in [0.05, 0.1) is 43.4 Å². The molecule has 16 heteroatoms. The van der Waals surface area contributed by atoms with Gasteiger partial charge in [0, 0.05) is 41.1 Å². The molecule has 2 aromatic carbocycles. The van der Waals surface area contributed by atoms with Crippen molar-refractivity contribution in [3.05, 3.63) is 142 Å². The van der Waals surface area contributed by atoms with Crippen molar-refractivity contribution in [1.82, 2.24) is 40.0 Å². The van der Waals surface area contributed by atoms with Gasteiger partial charge in [0.25, 0.3) is 0 Å². The molecule has 5 N–H and O–H groups in total. The molecule has 0 saturated heterocycles. The van der Waals surface area contributed by atoms with Gasteiger partial charge >= 0.3 is 11.8 Å². The highest BCUT2D eigenvalue weighted by molar-refractivity contribution is 7.13.